The number of anilines is 1. The van der Waals surface area contributed by atoms with Gasteiger partial charge < -0.3 is 4.90 Å². The van der Waals surface area contributed by atoms with E-state index in [4.69, 9.17) is 0 Å². The average molecular weight is 420 g/mol. The van der Waals surface area contributed by atoms with Crippen molar-refractivity contribution in [3.8, 4) is 0 Å². The Morgan fingerprint density at radius 2 is 1.97 bits per heavy atom. The molecule has 3 fully saturated rings. The lowest BCUT2D eigenvalue weighted by atomic mass is 9.74. The number of para-hydroxylation sites is 1. The third kappa shape index (κ3) is 2.75. The number of piperidine rings is 1. The number of hydrogen-bond donors (Lipinski definition) is 2. The van der Waals surface area contributed by atoms with Gasteiger partial charge in [-0.05, 0) is 63.6 Å². The van der Waals surface area contributed by atoms with Crippen LogP contribution in [0.4, 0.5) is 5.69 Å². The Hall–Kier alpha value is -1.64. The van der Waals surface area contributed by atoms with Gasteiger partial charge >= 0.3 is 0 Å². The molecule has 0 radical (unpaired) electrons. The van der Waals surface area contributed by atoms with Crippen LogP contribution in [0.1, 0.15) is 38.5 Å². The maximum atomic E-state index is 13.7. The van der Waals surface area contributed by atoms with Crippen molar-refractivity contribution >= 4 is 21.4 Å². The summed E-state index contributed by atoms with van der Waals surface area (Å²) in [4.78, 5) is 17.6. The largest absolute Gasteiger partial charge is 0.369 e. The monoisotopic (exact) mass is 419 g/mol. The molecule has 4 aliphatic rings. The van der Waals surface area contributed by atoms with Crippen LogP contribution in [0.25, 0.3) is 0 Å². The molecule has 3 heterocycles. The molecule has 7 nitrogen and oxygen atoms in total. The van der Waals surface area contributed by atoms with Crippen molar-refractivity contribution in [3.63, 3.8) is 0 Å². The maximum Gasteiger partial charge on any atom is 0.264 e. The topological polar surface area (TPSA) is 90.0 Å². The number of hydrogen-bond acceptors (Lipinski definition) is 6. The van der Waals surface area contributed by atoms with Crippen LogP contribution in [-0.2, 0) is 14.6 Å². The number of carbonyl (C=O) groups excluding carboxylic acids is 1. The third-order valence-corrected chi connectivity index (χ3v) is 10.1. The summed E-state index contributed by atoms with van der Waals surface area (Å²) in [5.74, 6) is -0.183. The SMILES string of the molecule is CN1C2CCC(C3CN(CC4CC4)c4ccccc4S3(=O)=O)C1(C(=O)NO)CC2. The van der Waals surface area contributed by atoms with Crippen molar-refractivity contribution in [1.82, 2.24) is 10.4 Å². The van der Waals surface area contributed by atoms with Gasteiger partial charge in [0.2, 0.25) is 0 Å². The van der Waals surface area contributed by atoms with E-state index in [0.717, 1.165) is 25.1 Å². The average Bonchev–Trinajstić information content (AvgIpc) is 3.51. The minimum atomic E-state index is -3.59. The molecule has 1 aliphatic carbocycles. The Kier molecular flexibility index (Phi) is 4.46. The fourth-order valence-corrected chi connectivity index (χ4v) is 8.43. The highest BCUT2D eigenvalue weighted by molar-refractivity contribution is 7.92. The molecule has 158 valence electrons. The van der Waals surface area contributed by atoms with Crippen molar-refractivity contribution in [3.05, 3.63) is 24.3 Å². The van der Waals surface area contributed by atoms with E-state index in [1.807, 2.05) is 29.6 Å². The number of rotatable bonds is 4. The van der Waals surface area contributed by atoms with Crippen LogP contribution in [0.15, 0.2) is 29.2 Å². The van der Waals surface area contributed by atoms with E-state index < -0.39 is 26.5 Å². The van der Waals surface area contributed by atoms with Crippen molar-refractivity contribution in [2.45, 2.75) is 60.3 Å². The van der Waals surface area contributed by atoms with Crippen molar-refractivity contribution < 1.29 is 18.4 Å². The van der Waals surface area contributed by atoms with Crippen molar-refractivity contribution in [2.75, 3.05) is 25.0 Å². The summed E-state index contributed by atoms with van der Waals surface area (Å²) < 4.78 is 27.5. The summed E-state index contributed by atoms with van der Waals surface area (Å²) >= 11 is 0. The molecule has 2 N–H and O–H groups in total. The maximum absolute atomic E-state index is 13.7. The van der Waals surface area contributed by atoms with Gasteiger partial charge in [-0.15, -0.1) is 0 Å². The molecule has 2 saturated heterocycles. The molecule has 2 bridgehead atoms. The van der Waals surface area contributed by atoms with Gasteiger partial charge in [0, 0.05) is 25.0 Å². The predicted octanol–water partition coefficient (Wildman–Crippen LogP) is 1.81. The predicted molar refractivity (Wildman–Crippen MR) is 109 cm³/mol. The molecule has 1 saturated carbocycles. The van der Waals surface area contributed by atoms with E-state index in [1.54, 1.807) is 12.1 Å². The van der Waals surface area contributed by atoms with Crippen LogP contribution in [0.5, 0.6) is 0 Å². The molecule has 1 aromatic carbocycles. The summed E-state index contributed by atoms with van der Waals surface area (Å²) in [7, 11) is -1.68. The Morgan fingerprint density at radius 1 is 1.21 bits per heavy atom. The van der Waals surface area contributed by atoms with E-state index in [2.05, 4.69) is 4.90 Å². The molecule has 8 heteroatoms. The van der Waals surface area contributed by atoms with Crippen molar-refractivity contribution in [1.29, 1.82) is 0 Å². The molecular formula is C21H29N3O4S. The smallest absolute Gasteiger partial charge is 0.264 e. The normalized spacial score (nSPS) is 35.9. The zero-order chi connectivity index (χ0) is 20.4. The second-order valence-electron chi connectivity index (χ2n) is 9.25. The number of hydroxylamine groups is 1. The summed E-state index contributed by atoms with van der Waals surface area (Å²) in [5, 5.41) is 8.86. The number of fused-ring (bicyclic) bond motifs is 3. The second-order valence-corrected chi connectivity index (χ2v) is 11.4. The third-order valence-electron chi connectivity index (χ3n) is 7.89. The fraction of sp³-hybridized carbons (Fsp3) is 0.667. The van der Waals surface area contributed by atoms with Crippen LogP contribution in [0.3, 0.4) is 0 Å². The molecule has 29 heavy (non-hydrogen) atoms. The van der Waals surface area contributed by atoms with Crippen LogP contribution >= 0.6 is 0 Å². The number of benzene rings is 1. The van der Waals surface area contributed by atoms with Gasteiger partial charge in [0.25, 0.3) is 5.91 Å². The Labute approximate surface area is 171 Å². The highest BCUT2D eigenvalue weighted by Crippen LogP contribution is 2.51. The minimum absolute atomic E-state index is 0.268. The van der Waals surface area contributed by atoms with Gasteiger partial charge in [0.05, 0.1) is 15.8 Å². The highest BCUT2D eigenvalue weighted by Gasteiger charge is 2.62. The van der Waals surface area contributed by atoms with Gasteiger partial charge in [0.1, 0.15) is 5.54 Å². The molecule has 4 atom stereocenters. The quantitative estimate of drug-likeness (QED) is 0.571. The first kappa shape index (κ1) is 19.3. The molecule has 5 rings (SSSR count). The van der Waals surface area contributed by atoms with E-state index in [9.17, 15) is 18.4 Å². The zero-order valence-corrected chi connectivity index (χ0v) is 17.6. The number of sulfone groups is 1. The lowest BCUT2D eigenvalue weighted by Crippen LogP contribution is -2.66. The van der Waals surface area contributed by atoms with Crippen molar-refractivity contribution in [2.24, 2.45) is 11.8 Å². The van der Waals surface area contributed by atoms with Gasteiger partial charge in [-0.25, -0.2) is 13.9 Å². The molecule has 3 aliphatic heterocycles. The van der Waals surface area contributed by atoms with Gasteiger partial charge in [-0.1, -0.05) is 12.1 Å². The fourth-order valence-electron chi connectivity index (χ4n) is 6.17. The van der Waals surface area contributed by atoms with Gasteiger partial charge in [-0.2, -0.15) is 0 Å². The minimum Gasteiger partial charge on any atom is -0.369 e. The lowest BCUT2D eigenvalue weighted by Gasteiger charge is -2.50. The summed E-state index contributed by atoms with van der Waals surface area (Å²) in [6.07, 6.45) is 5.41. The number of likely N-dealkylation sites (N-methyl/N-ethyl adjacent to an activating group) is 1. The van der Waals surface area contributed by atoms with Crippen LogP contribution < -0.4 is 10.4 Å². The Balaban J connectivity index is 1.60. The van der Waals surface area contributed by atoms with E-state index in [1.165, 1.54) is 12.8 Å². The standard InChI is InChI=1S/C21H29N3O4S/c1-23-15-8-9-16(21(23,11-10-15)20(25)22-26)19-13-24(12-14-6-7-14)17-4-2-3-5-18(17)29(19,27)28/h2-5,14-16,19,26H,6-13H2,1H3,(H,22,25). The first-order chi connectivity index (χ1) is 13.9. The number of amides is 1. The van der Waals surface area contributed by atoms with Crippen LogP contribution in [-0.4, -0.2) is 61.4 Å². The van der Waals surface area contributed by atoms with Crippen LogP contribution in [0, 0.1) is 11.8 Å². The van der Waals surface area contributed by atoms with Crippen LogP contribution in [0.2, 0.25) is 0 Å². The zero-order valence-electron chi connectivity index (χ0n) is 16.8. The summed E-state index contributed by atoms with van der Waals surface area (Å²) in [6, 6.07) is 7.55. The first-order valence-electron chi connectivity index (χ1n) is 10.6. The number of nitrogens with zero attached hydrogens (tertiary/aromatic N) is 2. The molecule has 1 aromatic rings. The van der Waals surface area contributed by atoms with E-state index in [-0.39, 0.29) is 12.0 Å². The molecule has 0 aromatic heterocycles. The highest BCUT2D eigenvalue weighted by atomic mass is 32.2. The summed E-state index contributed by atoms with van der Waals surface area (Å²) in [6.45, 7) is 1.28. The molecule has 4 unspecified atom stereocenters. The lowest BCUT2D eigenvalue weighted by molar-refractivity contribution is -0.147. The Morgan fingerprint density at radius 3 is 2.69 bits per heavy atom. The van der Waals surface area contributed by atoms with E-state index in [0.29, 0.717) is 30.2 Å². The molecule has 0 spiro atoms. The van der Waals surface area contributed by atoms with E-state index >= 15 is 0 Å². The Bertz CT molecular complexity index is 932. The summed E-state index contributed by atoms with van der Waals surface area (Å²) in [5.41, 5.74) is 1.69. The van der Waals surface area contributed by atoms with Gasteiger partial charge in [-0.3, -0.25) is 14.9 Å². The number of carbonyl (C=O) groups is 1. The first-order valence-corrected chi connectivity index (χ1v) is 12.2. The molecular weight excluding hydrogens is 390 g/mol. The van der Waals surface area contributed by atoms with Gasteiger partial charge in [0.15, 0.2) is 9.84 Å². The number of nitrogens with one attached hydrogen (secondary N) is 1. The molecule has 1 amide bonds. The second kappa shape index (κ2) is 6.68.